The fourth-order valence-electron chi connectivity index (χ4n) is 2.08. The molecule has 3 rings (SSSR count). The first kappa shape index (κ1) is 11.6. The van der Waals surface area contributed by atoms with Crippen LogP contribution in [0.15, 0.2) is 42.5 Å². The lowest BCUT2D eigenvalue weighted by molar-refractivity contribution is 0.274. The number of rotatable bonds is 2. The molecule has 0 atom stereocenters. The number of hydrogen-bond acceptors (Lipinski definition) is 4. The summed E-state index contributed by atoms with van der Waals surface area (Å²) in [6.45, 7) is -0.194. The van der Waals surface area contributed by atoms with E-state index in [4.69, 9.17) is 0 Å². The topological polar surface area (TPSA) is 78.5 Å². The number of aromatic nitrogens is 2. The zero-order valence-corrected chi connectivity index (χ0v) is 9.98. The van der Waals surface area contributed by atoms with E-state index in [1.54, 1.807) is 47.1 Å². The Bertz CT molecular complexity index is 732. The first-order valence-corrected chi connectivity index (χ1v) is 5.80. The van der Waals surface area contributed by atoms with Gasteiger partial charge in [-0.1, -0.05) is 0 Å². The van der Waals surface area contributed by atoms with Crippen molar-refractivity contribution in [2.24, 2.45) is 0 Å². The molecular weight excluding hydrogens is 244 g/mol. The number of aliphatic hydroxyl groups is 1. The molecule has 0 aliphatic heterocycles. The van der Waals surface area contributed by atoms with Gasteiger partial charge in [-0.15, -0.1) is 0 Å². The van der Waals surface area contributed by atoms with Gasteiger partial charge in [-0.2, -0.15) is 5.10 Å². The van der Waals surface area contributed by atoms with Gasteiger partial charge >= 0.3 is 0 Å². The van der Waals surface area contributed by atoms with Gasteiger partial charge in [-0.25, -0.2) is 4.68 Å². The van der Waals surface area contributed by atoms with Crippen molar-refractivity contribution in [3.05, 3.63) is 48.2 Å². The number of fused-ring (bicyclic) bond motifs is 1. The lowest BCUT2D eigenvalue weighted by Gasteiger charge is -2.05. The van der Waals surface area contributed by atoms with Gasteiger partial charge in [0, 0.05) is 5.39 Å². The summed E-state index contributed by atoms with van der Waals surface area (Å²) in [7, 11) is 0. The van der Waals surface area contributed by atoms with Crippen LogP contribution in [0.25, 0.3) is 16.6 Å². The van der Waals surface area contributed by atoms with Crippen molar-refractivity contribution in [1.82, 2.24) is 9.78 Å². The predicted octanol–water partition coefficient (Wildman–Crippen LogP) is 1.93. The van der Waals surface area contributed by atoms with Crippen LogP contribution in [0.5, 0.6) is 11.5 Å². The van der Waals surface area contributed by atoms with E-state index in [1.165, 1.54) is 0 Å². The molecule has 0 saturated heterocycles. The lowest BCUT2D eigenvalue weighted by atomic mass is 10.2. The molecule has 2 aromatic carbocycles. The summed E-state index contributed by atoms with van der Waals surface area (Å²) in [5, 5.41) is 33.4. The van der Waals surface area contributed by atoms with E-state index in [9.17, 15) is 15.3 Å². The number of aliphatic hydroxyl groups excluding tert-OH is 1. The van der Waals surface area contributed by atoms with Crippen molar-refractivity contribution in [2.75, 3.05) is 0 Å². The Labute approximate surface area is 109 Å². The molecule has 0 unspecified atom stereocenters. The average molecular weight is 256 g/mol. The van der Waals surface area contributed by atoms with E-state index >= 15 is 0 Å². The van der Waals surface area contributed by atoms with E-state index in [2.05, 4.69) is 5.10 Å². The van der Waals surface area contributed by atoms with Crippen molar-refractivity contribution in [3.8, 4) is 17.2 Å². The Balaban J connectivity index is 2.25. The third kappa shape index (κ3) is 1.90. The number of hydrogen-bond donors (Lipinski definition) is 3. The maximum atomic E-state index is 9.52. The summed E-state index contributed by atoms with van der Waals surface area (Å²) < 4.78 is 1.60. The zero-order chi connectivity index (χ0) is 13.4. The van der Waals surface area contributed by atoms with Gasteiger partial charge in [0.05, 0.1) is 23.5 Å². The number of nitrogens with zero attached hydrogens (tertiary/aromatic N) is 2. The van der Waals surface area contributed by atoms with Crippen molar-refractivity contribution in [3.63, 3.8) is 0 Å². The van der Waals surface area contributed by atoms with E-state index in [1.807, 2.05) is 0 Å². The monoisotopic (exact) mass is 256 g/mol. The first-order chi connectivity index (χ1) is 9.19. The largest absolute Gasteiger partial charge is 0.508 e. The molecule has 3 N–H and O–H groups in total. The molecule has 19 heavy (non-hydrogen) atoms. The minimum atomic E-state index is -0.194. The van der Waals surface area contributed by atoms with Crippen LogP contribution in [0.1, 0.15) is 5.69 Å². The fraction of sp³-hybridized carbons (Fsp3) is 0.0714. The number of benzene rings is 2. The van der Waals surface area contributed by atoms with Gasteiger partial charge < -0.3 is 15.3 Å². The Morgan fingerprint density at radius 2 is 1.63 bits per heavy atom. The SMILES string of the molecule is OCc1c2cc(O)ccc2nn1-c1ccc(O)cc1. The first-order valence-electron chi connectivity index (χ1n) is 5.80. The normalized spacial score (nSPS) is 11.0. The molecule has 0 saturated carbocycles. The van der Waals surface area contributed by atoms with Crippen molar-refractivity contribution >= 4 is 10.9 Å². The molecule has 0 fully saturated rings. The lowest BCUT2D eigenvalue weighted by Crippen LogP contribution is -2.01. The average Bonchev–Trinajstić information content (AvgIpc) is 2.77. The zero-order valence-electron chi connectivity index (χ0n) is 9.98. The Kier molecular flexibility index (Phi) is 2.61. The third-order valence-corrected chi connectivity index (χ3v) is 3.00. The van der Waals surface area contributed by atoms with Crippen LogP contribution in [0, 0.1) is 0 Å². The van der Waals surface area contributed by atoms with Crippen LogP contribution in [0.4, 0.5) is 0 Å². The van der Waals surface area contributed by atoms with Gasteiger partial charge in [0.2, 0.25) is 0 Å². The van der Waals surface area contributed by atoms with Gasteiger partial charge in [-0.3, -0.25) is 0 Å². The highest BCUT2D eigenvalue weighted by Crippen LogP contribution is 2.26. The summed E-state index contributed by atoms with van der Waals surface area (Å²) in [6.07, 6.45) is 0. The Hall–Kier alpha value is -2.53. The van der Waals surface area contributed by atoms with E-state index < -0.39 is 0 Å². The predicted molar refractivity (Wildman–Crippen MR) is 70.3 cm³/mol. The molecule has 5 nitrogen and oxygen atoms in total. The molecule has 0 aliphatic rings. The third-order valence-electron chi connectivity index (χ3n) is 3.00. The van der Waals surface area contributed by atoms with Crippen LogP contribution in [0.3, 0.4) is 0 Å². The van der Waals surface area contributed by atoms with Gasteiger partial charge in [-0.05, 0) is 42.5 Å². The molecule has 96 valence electrons. The van der Waals surface area contributed by atoms with Crippen LogP contribution >= 0.6 is 0 Å². The second-order valence-electron chi connectivity index (χ2n) is 4.23. The van der Waals surface area contributed by atoms with Crippen LogP contribution in [0.2, 0.25) is 0 Å². The van der Waals surface area contributed by atoms with Crippen LogP contribution in [-0.4, -0.2) is 25.1 Å². The maximum absolute atomic E-state index is 9.52. The van der Waals surface area contributed by atoms with Crippen molar-refractivity contribution in [2.45, 2.75) is 6.61 Å². The molecule has 1 heterocycles. The second kappa shape index (κ2) is 4.29. The second-order valence-corrected chi connectivity index (χ2v) is 4.23. The molecule has 0 radical (unpaired) electrons. The highest BCUT2D eigenvalue weighted by Gasteiger charge is 2.12. The van der Waals surface area contributed by atoms with Gasteiger partial charge in [0.1, 0.15) is 11.5 Å². The molecule has 3 aromatic rings. The quantitative estimate of drug-likeness (QED) is 0.654. The minimum absolute atomic E-state index is 0.132. The smallest absolute Gasteiger partial charge is 0.116 e. The molecule has 0 spiro atoms. The minimum Gasteiger partial charge on any atom is -0.508 e. The standard InChI is InChI=1S/C14H12N2O3/c17-8-14-12-7-11(19)5-6-13(12)15-16(14)9-1-3-10(18)4-2-9/h1-7,17-19H,8H2. The van der Waals surface area contributed by atoms with Crippen molar-refractivity contribution in [1.29, 1.82) is 0 Å². The summed E-state index contributed by atoms with van der Waals surface area (Å²) in [6, 6.07) is 11.4. The highest BCUT2D eigenvalue weighted by atomic mass is 16.3. The van der Waals surface area contributed by atoms with Crippen molar-refractivity contribution < 1.29 is 15.3 Å². The molecule has 0 amide bonds. The molecule has 1 aromatic heterocycles. The molecule has 5 heteroatoms. The number of phenols is 2. The Morgan fingerprint density at radius 1 is 0.947 bits per heavy atom. The summed E-state index contributed by atoms with van der Waals surface area (Å²) in [5.74, 6) is 0.302. The Morgan fingerprint density at radius 3 is 2.32 bits per heavy atom. The van der Waals surface area contributed by atoms with E-state index in [0.717, 1.165) is 5.69 Å². The summed E-state index contributed by atoms with van der Waals surface area (Å²) >= 11 is 0. The highest BCUT2D eigenvalue weighted by molar-refractivity contribution is 5.83. The molecule has 0 aliphatic carbocycles. The summed E-state index contributed by atoms with van der Waals surface area (Å²) in [4.78, 5) is 0. The summed E-state index contributed by atoms with van der Waals surface area (Å²) in [5.41, 5.74) is 2.02. The fourth-order valence-corrected chi connectivity index (χ4v) is 2.08. The van der Waals surface area contributed by atoms with Crippen LogP contribution < -0.4 is 0 Å². The molecular formula is C14H12N2O3. The van der Waals surface area contributed by atoms with Crippen LogP contribution in [-0.2, 0) is 6.61 Å². The van der Waals surface area contributed by atoms with Gasteiger partial charge in [0.15, 0.2) is 0 Å². The maximum Gasteiger partial charge on any atom is 0.116 e. The number of aromatic hydroxyl groups is 2. The molecule has 0 bridgehead atoms. The van der Waals surface area contributed by atoms with E-state index in [0.29, 0.717) is 16.6 Å². The number of phenolic OH excluding ortho intramolecular Hbond substituents is 2. The van der Waals surface area contributed by atoms with E-state index in [-0.39, 0.29) is 18.1 Å². The van der Waals surface area contributed by atoms with Gasteiger partial charge in [0.25, 0.3) is 0 Å².